The Balaban J connectivity index is 1.70. The predicted octanol–water partition coefficient (Wildman–Crippen LogP) is 3.96. The monoisotopic (exact) mass is 230 g/mol. The molecule has 0 aliphatic carbocycles. The molecule has 2 aromatic rings. The van der Waals surface area contributed by atoms with Crippen molar-refractivity contribution in [1.82, 2.24) is 0 Å². The van der Waals surface area contributed by atoms with E-state index >= 15 is 0 Å². The zero-order chi connectivity index (χ0) is 11.1. The highest BCUT2D eigenvalue weighted by Gasteiger charge is 1.95. The van der Waals surface area contributed by atoms with Crippen LogP contribution in [0.5, 0.6) is 5.75 Å². The third kappa shape index (κ3) is 3.63. The quantitative estimate of drug-likeness (QED) is 0.568. The number of benzene rings is 2. The largest absolute Gasteiger partial charge is 0.426 e. The van der Waals surface area contributed by atoms with Crippen molar-refractivity contribution in [2.45, 2.75) is 6.42 Å². The lowest BCUT2D eigenvalue weighted by atomic mass is 10.2. The van der Waals surface area contributed by atoms with Crippen molar-refractivity contribution in [3.63, 3.8) is 0 Å². The third-order valence-electron chi connectivity index (χ3n) is 2.22. The molecule has 2 aromatic carbocycles. The number of hydrogen-bond donors (Lipinski definition) is 0. The molecule has 0 bridgehead atoms. The SMILES string of the molecule is c1ccc(CCSOc2ccccc2)cc1. The van der Waals surface area contributed by atoms with Crippen LogP contribution in [0.4, 0.5) is 0 Å². The van der Waals surface area contributed by atoms with Gasteiger partial charge in [-0.25, -0.2) is 0 Å². The molecular weight excluding hydrogens is 216 g/mol. The second kappa shape index (κ2) is 6.23. The molecule has 0 spiro atoms. The number of aryl methyl sites for hydroxylation is 1. The standard InChI is InChI=1S/C14H14OS/c1-3-7-13(8-4-1)11-12-16-15-14-9-5-2-6-10-14/h1-10H,11-12H2. The van der Waals surface area contributed by atoms with Gasteiger partial charge in [0, 0.05) is 5.75 Å². The molecular formula is C14H14OS. The Hall–Kier alpha value is -1.41. The van der Waals surface area contributed by atoms with Crippen molar-refractivity contribution >= 4 is 12.0 Å². The smallest absolute Gasteiger partial charge is 0.137 e. The molecule has 0 saturated carbocycles. The van der Waals surface area contributed by atoms with Gasteiger partial charge < -0.3 is 4.18 Å². The fourth-order valence-corrected chi connectivity index (χ4v) is 2.04. The molecule has 0 aliphatic heterocycles. The fraction of sp³-hybridized carbons (Fsp3) is 0.143. The van der Waals surface area contributed by atoms with Gasteiger partial charge in [-0.1, -0.05) is 48.5 Å². The molecule has 0 radical (unpaired) electrons. The lowest BCUT2D eigenvalue weighted by Gasteiger charge is -2.03. The van der Waals surface area contributed by atoms with Crippen LogP contribution in [0.15, 0.2) is 60.7 Å². The molecule has 82 valence electrons. The summed E-state index contributed by atoms with van der Waals surface area (Å²) in [5.41, 5.74) is 1.35. The van der Waals surface area contributed by atoms with Crippen molar-refractivity contribution in [2.24, 2.45) is 0 Å². The Morgan fingerprint density at radius 1 is 0.812 bits per heavy atom. The summed E-state index contributed by atoms with van der Waals surface area (Å²) < 4.78 is 5.54. The zero-order valence-corrected chi connectivity index (χ0v) is 9.82. The van der Waals surface area contributed by atoms with Crippen LogP contribution >= 0.6 is 12.0 Å². The lowest BCUT2D eigenvalue weighted by Crippen LogP contribution is -1.90. The maximum atomic E-state index is 5.54. The average molecular weight is 230 g/mol. The van der Waals surface area contributed by atoms with Crippen LogP contribution in [-0.2, 0) is 6.42 Å². The van der Waals surface area contributed by atoms with E-state index < -0.39 is 0 Å². The second-order valence-corrected chi connectivity index (χ2v) is 4.26. The van der Waals surface area contributed by atoms with Gasteiger partial charge in [-0.3, -0.25) is 0 Å². The lowest BCUT2D eigenvalue weighted by molar-refractivity contribution is 0.645. The normalized spacial score (nSPS) is 10.0. The van der Waals surface area contributed by atoms with Crippen molar-refractivity contribution in [2.75, 3.05) is 5.75 Å². The Morgan fingerprint density at radius 3 is 2.12 bits per heavy atom. The molecule has 0 aromatic heterocycles. The van der Waals surface area contributed by atoms with Gasteiger partial charge in [0.2, 0.25) is 0 Å². The second-order valence-electron chi connectivity index (χ2n) is 3.45. The highest BCUT2D eigenvalue weighted by atomic mass is 32.2. The average Bonchev–Trinajstić information content (AvgIpc) is 2.37. The summed E-state index contributed by atoms with van der Waals surface area (Å²) in [6.45, 7) is 0. The summed E-state index contributed by atoms with van der Waals surface area (Å²) in [7, 11) is 0. The Morgan fingerprint density at radius 2 is 1.44 bits per heavy atom. The van der Waals surface area contributed by atoms with E-state index in [1.807, 2.05) is 36.4 Å². The predicted molar refractivity (Wildman–Crippen MR) is 69.7 cm³/mol. The Labute approximate surface area is 101 Å². The highest BCUT2D eigenvalue weighted by Crippen LogP contribution is 2.16. The van der Waals surface area contributed by atoms with Gasteiger partial charge >= 0.3 is 0 Å². The summed E-state index contributed by atoms with van der Waals surface area (Å²) in [6.07, 6.45) is 1.04. The van der Waals surface area contributed by atoms with Gasteiger partial charge in [0.15, 0.2) is 0 Å². The molecule has 16 heavy (non-hydrogen) atoms. The van der Waals surface area contributed by atoms with E-state index in [2.05, 4.69) is 24.3 Å². The first kappa shape index (κ1) is 11.1. The van der Waals surface area contributed by atoms with Gasteiger partial charge in [-0.05, 0) is 24.1 Å². The molecule has 0 heterocycles. The molecule has 0 saturated heterocycles. The summed E-state index contributed by atoms with van der Waals surface area (Å²) >= 11 is 1.50. The molecule has 2 rings (SSSR count). The maximum Gasteiger partial charge on any atom is 0.137 e. The Kier molecular flexibility index (Phi) is 4.32. The van der Waals surface area contributed by atoms with Crippen LogP contribution in [0.2, 0.25) is 0 Å². The molecule has 0 fully saturated rings. The first-order chi connectivity index (χ1) is 7.95. The Bertz CT molecular complexity index is 358. The fourth-order valence-electron chi connectivity index (χ4n) is 1.39. The molecule has 1 nitrogen and oxygen atoms in total. The highest BCUT2D eigenvalue weighted by molar-refractivity contribution is 7.95. The first-order valence-electron chi connectivity index (χ1n) is 5.33. The van der Waals surface area contributed by atoms with Crippen LogP contribution < -0.4 is 4.18 Å². The van der Waals surface area contributed by atoms with E-state index in [0.29, 0.717) is 0 Å². The van der Waals surface area contributed by atoms with Crippen molar-refractivity contribution < 1.29 is 4.18 Å². The van der Waals surface area contributed by atoms with Crippen LogP contribution in [-0.4, -0.2) is 5.75 Å². The minimum absolute atomic E-state index is 0.917. The van der Waals surface area contributed by atoms with E-state index in [0.717, 1.165) is 17.9 Å². The number of rotatable bonds is 5. The van der Waals surface area contributed by atoms with Crippen molar-refractivity contribution in [3.05, 3.63) is 66.2 Å². The van der Waals surface area contributed by atoms with Gasteiger partial charge in [0.25, 0.3) is 0 Å². The van der Waals surface area contributed by atoms with Gasteiger partial charge in [-0.15, -0.1) is 0 Å². The van der Waals surface area contributed by atoms with Crippen molar-refractivity contribution in [3.8, 4) is 5.75 Å². The molecule has 0 N–H and O–H groups in total. The van der Waals surface area contributed by atoms with E-state index in [9.17, 15) is 0 Å². The van der Waals surface area contributed by atoms with Crippen LogP contribution in [0, 0.1) is 0 Å². The number of hydrogen-bond acceptors (Lipinski definition) is 2. The van der Waals surface area contributed by atoms with Crippen LogP contribution in [0.25, 0.3) is 0 Å². The molecule has 0 aliphatic rings. The van der Waals surface area contributed by atoms with E-state index in [1.165, 1.54) is 17.6 Å². The topological polar surface area (TPSA) is 9.23 Å². The minimum Gasteiger partial charge on any atom is -0.426 e. The molecule has 0 unspecified atom stereocenters. The van der Waals surface area contributed by atoms with Crippen LogP contribution in [0.3, 0.4) is 0 Å². The minimum atomic E-state index is 0.917. The van der Waals surface area contributed by atoms with E-state index in [4.69, 9.17) is 4.18 Å². The summed E-state index contributed by atoms with van der Waals surface area (Å²) in [6, 6.07) is 20.3. The first-order valence-corrected chi connectivity index (χ1v) is 6.25. The number of para-hydroxylation sites is 1. The maximum absolute atomic E-state index is 5.54. The molecule has 0 atom stereocenters. The molecule has 2 heteroatoms. The third-order valence-corrected chi connectivity index (χ3v) is 2.90. The van der Waals surface area contributed by atoms with E-state index in [-0.39, 0.29) is 0 Å². The van der Waals surface area contributed by atoms with E-state index in [1.54, 1.807) is 0 Å². The van der Waals surface area contributed by atoms with Crippen molar-refractivity contribution in [1.29, 1.82) is 0 Å². The summed E-state index contributed by atoms with van der Waals surface area (Å²) in [5.74, 6) is 1.89. The van der Waals surface area contributed by atoms with Gasteiger partial charge in [0.05, 0.1) is 12.0 Å². The van der Waals surface area contributed by atoms with Gasteiger partial charge in [-0.2, -0.15) is 0 Å². The molecule has 0 amide bonds. The summed E-state index contributed by atoms with van der Waals surface area (Å²) in [4.78, 5) is 0. The van der Waals surface area contributed by atoms with Crippen LogP contribution in [0.1, 0.15) is 5.56 Å². The van der Waals surface area contributed by atoms with Gasteiger partial charge in [0.1, 0.15) is 5.75 Å². The zero-order valence-electron chi connectivity index (χ0n) is 9.00. The summed E-state index contributed by atoms with van der Waals surface area (Å²) in [5, 5.41) is 0.